The standard InChI is InChI=1S/C25H38N4O/c1-24(2,3)19-11-18-14-28(20-13-27-29(15-20)16-25(4,5)17-30)10-8-21(18)22(12-19)23-7-6-9-26-23/h11-13,15,23,26,30H,6-10,14,16-17H2,1-5H3/t23-/m0/s1. The lowest BCUT2D eigenvalue weighted by Crippen LogP contribution is -2.32. The molecule has 0 radical (unpaired) electrons. The number of aliphatic hydroxyl groups is 1. The van der Waals surface area contributed by atoms with Gasteiger partial charge in [0.15, 0.2) is 0 Å². The van der Waals surface area contributed by atoms with Crippen molar-refractivity contribution in [1.82, 2.24) is 15.1 Å². The molecule has 1 atom stereocenters. The second-order valence-corrected chi connectivity index (χ2v) is 11.0. The molecule has 3 heterocycles. The van der Waals surface area contributed by atoms with Crippen LogP contribution in [0.15, 0.2) is 24.5 Å². The molecule has 5 nitrogen and oxygen atoms in total. The molecule has 30 heavy (non-hydrogen) atoms. The average molecular weight is 411 g/mol. The first-order valence-electron chi connectivity index (χ1n) is 11.4. The molecular weight excluding hydrogens is 372 g/mol. The van der Waals surface area contributed by atoms with Crippen LogP contribution in [0.1, 0.15) is 75.8 Å². The van der Waals surface area contributed by atoms with Gasteiger partial charge < -0.3 is 15.3 Å². The highest BCUT2D eigenvalue weighted by atomic mass is 16.3. The second-order valence-electron chi connectivity index (χ2n) is 11.0. The van der Waals surface area contributed by atoms with E-state index in [4.69, 9.17) is 0 Å². The monoisotopic (exact) mass is 410 g/mol. The summed E-state index contributed by atoms with van der Waals surface area (Å²) >= 11 is 0. The number of benzene rings is 1. The van der Waals surface area contributed by atoms with E-state index in [-0.39, 0.29) is 17.4 Å². The summed E-state index contributed by atoms with van der Waals surface area (Å²) in [5, 5.41) is 17.9. The fourth-order valence-electron chi connectivity index (χ4n) is 4.74. The summed E-state index contributed by atoms with van der Waals surface area (Å²) < 4.78 is 1.97. The first-order valence-corrected chi connectivity index (χ1v) is 11.4. The number of nitrogens with zero attached hydrogens (tertiary/aromatic N) is 3. The summed E-state index contributed by atoms with van der Waals surface area (Å²) in [6.45, 7) is 15.1. The molecule has 0 amide bonds. The largest absolute Gasteiger partial charge is 0.396 e. The van der Waals surface area contributed by atoms with Crippen molar-refractivity contribution in [2.45, 2.75) is 78.4 Å². The van der Waals surface area contributed by atoms with E-state index in [0.29, 0.717) is 6.04 Å². The van der Waals surface area contributed by atoms with Gasteiger partial charge in [-0.15, -0.1) is 0 Å². The lowest BCUT2D eigenvalue weighted by molar-refractivity contribution is 0.136. The van der Waals surface area contributed by atoms with Gasteiger partial charge in [0.1, 0.15) is 0 Å². The van der Waals surface area contributed by atoms with Gasteiger partial charge in [0.25, 0.3) is 0 Å². The van der Waals surface area contributed by atoms with Crippen LogP contribution in [0.25, 0.3) is 0 Å². The summed E-state index contributed by atoms with van der Waals surface area (Å²) in [7, 11) is 0. The molecule has 0 saturated carbocycles. The van der Waals surface area contributed by atoms with Crippen LogP contribution in [0.5, 0.6) is 0 Å². The topological polar surface area (TPSA) is 53.3 Å². The minimum atomic E-state index is -0.164. The van der Waals surface area contributed by atoms with Gasteiger partial charge in [-0.25, -0.2) is 0 Å². The number of rotatable bonds is 5. The molecule has 4 rings (SSSR count). The van der Waals surface area contributed by atoms with Gasteiger partial charge in [-0.2, -0.15) is 5.10 Å². The van der Waals surface area contributed by atoms with Gasteiger partial charge in [-0.3, -0.25) is 4.68 Å². The molecule has 2 aromatic rings. The van der Waals surface area contributed by atoms with Crippen molar-refractivity contribution < 1.29 is 5.11 Å². The molecule has 1 aromatic carbocycles. The van der Waals surface area contributed by atoms with Crippen molar-refractivity contribution in [1.29, 1.82) is 0 Å². The quantitative estimate of drug-likeness (QED) is 0.776. The zero-order valence-electron chi connectivity index (χ0n) is 19.3. The van der Waals surface area contributed by atoms with Crippen molar-refractivity contribution >= 4 is 5.69 Å². The van der Waals surface area contributed by atoms with Gasteiger partial charge in [-0.1, -0.05) is 46.8 Å². The third kappa shape index (κ3) is 4.42. The van der Waals surface area contributed by atoms with Gasteiger partial charge in [-0.05, 0) is 53.5 Å². The number of anilines is 1. The first-order chi connectivity index (χ1) is 14.2. The highest BCUT2D eigenvalue weighted by Gasteiger charge is 2.28. The average Bonchev–Trinajstić information content (AvgIpc) is 3.38. The number of hydrogen-bond acceptors (Lipinski definition) is 4. The minimum Gasteiger partial charge on any atom is -0.396 e. The van der Waals surface area contributed by atoms with E-state index in [1.807, 2.05) is 10.9 Å². The lowest BCUT2D eigenvalue weighted by Gasteiger charge is -2.34. The zero-order valence-corrected chi connectivity index (χ0v) is 19.3. The number of nitrogens with one attached hydrogen (secondary N) is 1. The fraction of sp³-hybridized carbons (Fsp3) is 0.640. The maximum atomic E-state index is 9.57. The summed E-state index contributed by atoms with van der Waals surface area (Å²) in [6.07, 6.45) is 7.72. The van der Waals surface area contributed by atoms with E-state index in [2.05, 4.69) is 68.3 Å². The number of hydrogen-bond donors (Lipinski definition) is 2. The molecule has 2 N–H and O–H groups in total. The molecule has 0 bridgehead atoms. The molecule has 2 aliphatic heterocycles. The van der Waals surface area contributed by atoms with Crippen LogP contribution in [0.2, 0.25) is 0 Å². The van der Waals surface area contributed by atoms with Crippen LogP contribution in [0.4, 0.5) is 5.69 Å². The van der Waals surface area contributed by atoms with Crippen LogP contribution < -0.4 is 10.2 Å². The van der Waals surface area contributed by atoms with Gasteiger partial charge in [0.05, 0.1) is 11.9 Å². The second kappa shape index (κ2) is 8.01. The summed E-state index contributed by atoms with van der Waals surface area (Å²) in [6, 6.07) is 5.43. The van der Waals surface area contributed by atoms with Crippen LogP contribution in [-0.4, -0.2) is 34.6 Å². The van der Waals surface area contributed by atoms with Gasteiger partial charge >= 0.3 is 0 Å². The van der Waals surface area contributed by atoms with Crippen molar-refractivity contribution in [3.8, 4) is 0 Å². The Bertz CT molecular complexity index is 887. The number of fused-ring (bicyclic) bond motifs is 1. The number of aliphatic hydroxyl groups excluding tert-OH is 1. The van der Waals surface area contributed by atoms with Crippen molar-refractivity contribution in [3.63, 3.8) is 0 Å². The molecule has 1 fully saturated rings. The molecule has 164 valence electrons. The van der Waals surface area contributed by atoms with Crippen LogP contribution in [0, 0.1) is 5.41 Å². The van der Waals surface area contributed by atoms with E-state index < -0.39 is 0 Å². The smallest absolute Gasteiger partial charge is 0.0755 e. The summed E-state index contributed by atoms with van der Waals surface area (Å²) in [5.41, 5.74) is 7.17. The summed E-state index contributed by atoms with van der Waals surface area (Å²) in [5.74, 6) is 0. The van der Waals surface area contributed by atoms with Gasteiger partial charge in [0.2, 0.25) is 0 Å². The van der Waals surface area contributed by atoms with Crippen molar-refractivity contribution in [2.24, 2.45) is 5.41 Å². The fourth-order valence-corrected chi connectivity index (χ4v) is 4.74. The van der Waals surface area contributed by atoms with E-state index in [0.717, 1.165) is 32.6 Å². The summed E-state index contributed by atoms with van der Waals surface area (Å²) in [4.78, 5) is 2.45. The highest BCUT2D eigenvalue weighted by Crippen LogP contribution is 2.36. The Morgan fingerprint density at radius 1 is 1.20 bits per heavy atom. The Kier molecular flexibility index (Phi) is 5.71. The van der Waals surface area contributed by atoms with E-state index in [1.165, 1.54) is 35.2 Å². The molecule has 5 heteroatoms. The van der Waals surface area contributed by atoms with Gasteiger partial charge in [0, 0.05) is 43.9 Å². The molecule has 0 spiro atoms. The minimum absolute atomic E-state index is 0.144. The molecule has 0 aliphatic carbocycles. The molecule has 0 unspecified atom stereocenters. The lowest BCUT2D eigenvalue weighted by atomic mass is 9.80. The zero-order chi connectivity index (χ0) is 21.5. The van der Waals surface area contributed by atoms with Crippen molar-refractivity contribution in [3.05, 3.63) is 46.8 Å². The Morgan fingerprint density at radius 3 is 2.67 bits per heavy atom. The maximum Gasteiger partial charge on any atom is 0.0755 e. The molecule has 2 aliphatic rings. The first kappa shape index (κ1) is 21.4. The Labute approximate surface area is 181 Å². The van der Waals surface area contributed by atoms with E-state index in [9.17, 15) is 5.11 Å². The Hall–Kier alpha value is -1.85. The van der Waals surface area contributed by atoms with E-state index in [1.54, 1.807) is 5.56 Å². The SMILES string of the molecule is CC(C)(CO)Cn1cc(N2CCc3c(cc(C(C)(C)C)cc3[C@@H]3CCCN3)C2)cn1. The maximum absolute atomic E-state index is 9.57. The van der Waals surface area contributed by atoms with Crippen LogP contribution in [-0.2, 0) is 24.9 Å². The number of aromatic nitrogens is 2. The molecule has 1 saturated heterocycles. The highest BCUT2D eigenvalue weighted by molar-refractivity contribution is 5.51. The van der Waals surface area contributed by atoms with Crippen molar-refractivity contribution in [2.75, 3.05) is 24.6 Å². The Morgan fingerprint density at radius 2 is 2.00 bits per heavy atom. The van der Waals surface area contributed by atoms with E-state index >= 15 is 0 Å². The Balaban J connectivity index is 1.61. The third-order valence-corrected chi connectivity index (χ3v) is 6.67. The molecular formula is C25H38N4O. The normalized spacial score (nSPS) is 19.9. The molecule has 1 aromatic heterocycles. The third-order valence-electron chi connectivity index (χ3n) is 6.67. The van der Waals surface area contributed by atoms with Crippen LogP contribution >= 0.6 is 0 Å². The van der Waals surface area contributed by atoms with Crippen LogP contribution in [0.3, 0.4) is 0 Å². The predicted molar refractivity (Wildman–Crippen MR) is 123 cm³/mol. The predicted octanol–water partition coefficient (Wildman–Crippen LogP) is 4.19.